The van der Waals surface area contributed by atoms with Gasteiger partial charge in [0, 0.05) is 32.8 Å². The highest BCUT2D eigenvalue weighted by atomic mass is 32.1. The van der Waals surface area contributed by atoms with Gasteiger partial charge in [-0.1, -0.05) is 6.42 Å². The van der Waals surface area contributed by atoms with Crippen LogP contribution in [0.4, 0.5) is 0 Å². The summed E-state index contributed by atoms with van der Waals surface area (Å²) < 4.78 is 5.02. The minimum absolute atomic E-state index is 0.712. The predicted octanol–water partition coefficient (Wildman–Crippen LogP) is 1.07. The van der Waals surface area contributed by atoms with Gasteiger partial charge in [0.2, 0.25) is 0 Å². The Kier molecular flexibility index (Phi) is 5.66. The van der Waals surface area contributed by atoms with Crippen LogP contribution in [0, 0.1) is 0 Å². The van der Waals surface area contributed by atoms with Gasteiger partial charge in [-0.25, -0.2) is 0 Å². The Morgan fingerprint density at radius 3 is 2.78 bits per heavy atom. The molecule has 0 aromatic rings. The highest BCUT2D eigenvalue weighted by molar-refractivity contribution is 7.80. The first kappa shape index (κ1) is 14.0. The number of nitrogens with one attached hydrogen (secondary N) is 1. The number of ether oxygens (including phenoxy) is 1. The summed E-state index contributed by atoms with van der Waals surface area (Å²) in [7, 11) is 1.72. The van der Waals surface area contributed by atoms with E-state index >= 15 is 0 Å². The van der Waals surface area contributed by atoms with Gasteiger partial charge in [-0.15, -0.1) is 0 Å². The Hall–Kier alpha value is -0.390. The third kappa shape index (κ3) is 3.80. The zero-order chi connectivity index (χ0) is 12.8. The van der Waals surface area contributed by atoms with Crippen molar-refractivity contribution in [3.05, 3.63) is 0 Å². The van der Waals surface area contributed by atoms with Gasteiger partial charge in [0.1, 0.15) is 0 Å². The van der Waals surface area contributed by atoms with Crippen molar-refractivity contribution in [1.82, 2.24) is 15.1 Å². The predicted molar refractivity (Wildman–Crippen MR) is 77.9 cm³/mol. The second kappa shape index (κ2) is 7.26. The van der Waals surface area contributed by atoms with E-state index in [1.807, 2.05) is 0 Å². The number of hydrogen-bond donors (Lipinski definition) is 1. The van der Waals surface area contributed by atoms with Crippen molar-refractivity contribution in [3.63, 3.8) is 0 Å². The largest absolute Gasteiger partial charge is 0.383 e. The van der Waals surface area contributed by atoms with Crippen LogP contribution in [0.5, 0.6) is 0 Å². The van der Waals surface area contributed by atoms with E-state index in [9.17, 15) is 0 Å². The summed E-state index contributed by atoms with van der Waals surface area (Å²) in [6, 6.07) is 0.715. The number of piperidine rings is 1. The van der Waals surface area contributed by atoms with E-state index in [1.54, 1.807) is 7.11 Å². The maximum Gasteiger partial charge on any atom is 0.169 e. The zero-order valence-electron chi connectivity index (χ0n) is 11.4. The van der Waals surface area contributed by atoms with E-state index in [2.05, 4.69) is 15.1 Å². The summed E-state index contributed by atoms with van der Waals surface area (Å²) in [5.74, 6) is 0. The first-order valence-corrected chi connectivity index (χ1v) is 7.48. The highest BCUT2D eigenvalue weighted by Crippen LogP contribution is 2.20. The molecule has 18 heavy (non-hydrogen) atoms. The molecule has 0 aromatic carbocycles. The molecule has 0 saturated carbocycles. The lowest BCUT2D eigenvalue weighted by Gasteiger charge is -2.32. The van der Waals surface area contributed by atoms with Crippen LogP contribution >= 0.6 is 12.2 Å². The SMILES string of the molecule is COCCNC(=S)N1CCC(N2CCCCC2)C1. The molecule has 4 nitrogen and oxygen atoms in total. The second-order valence-corrected chi connectivity index (χ2v) is 5.60. The van der Waals surface area contributed by atoms with Gasteiger partial charge in [-0.3, -0.25) is 4.90 Å². The van der Waals surface area contributed by atoms with Crippen molar-refractivity contribution in [2.75, 3.05) is 46.4 Å². The average molecular weight is 271 g/mol. The first-order chi connectivity index (χ1) is 8.81. The normalized spacial score (nSPS) is 25.4. The fourth-order valence-corrected chi connectivity index (χ4v) is 3.15. The van der Waals surface area contributed by atoms with Gasteiger partial charge in [-0.2, -0.15) is 0 Å². The number of hydrogen-bond acceptors (Lipinski definition) is 3. The van der Waals surface area contributed by atoms with Crippen LogP contribution in [0.15, 0.2) is 0 Å². The summed E-state index contributed by atoms with van der Waals surface area (Å²) in [4.78, 5) is 4.96. The molecule has 2 rings (SSSR count). The molecule has 0 bridgehead atoms. The number of thiocarbonyl (C=S) groups is 1. The molecule has 104 valence electrons. The van der Waals surface area contributed by atoms with Crippen molar-refractivity contribution >= 4 is 17.3 Å². The molecule has 5 heteroatoms. The maximum atomic E-state index is 5.42. The molecule has 2 aliphatic heterocycles. The van der Waals surface area contributed by atoms with Crippen molar-refractivity contribution in [3.8, 4) is 0 Å². The van der Waals surface area contributed by atoms with E-state index in [-0.39, 0.29) is 0 Å². The van der Waals surface area contributed by atoms with Gasteiger partial charge in [-0.05, 0) is 44.6 Å². The van der Waals surface area contributed by atoms with E-state index in [0.717, 1.165) is 24.7 Å². The van der Waals surface area contributed by atoms with E-state index in [4.69, 9.17) is 17.0 Å². The molecule has 2 aliphatic rings. The molecule has 2 saturated heterocycles. The maximum absolute atomic E-state index is 5.42. The van der Waals surface area contributed by atoms with Gasteiger partial charge in [0.15, 0.2) is 5.11 Å². The number of rotatable bonds is 4. The van der Waals surface area contributed by atoms with Crippen LogP contribution in [0.2, 0.25) is 0 Å². The molecule has 2 fully saturated rings. The smallest absolute Gasteiger partial charge is 0.169 e. The molecule has 1 atom stereocenters. The topological polar surface area (TPSA) is 27.7 Å². The highest BCUT2D eigenvalue weighted by Gasteiger charge is 2.29. The van der Waals surface area contributed by atoms with E-state index < -0.39 is 0 Å². The van der Waals surface area contributed by atoms with Crippen LogP contribution in [-0.4, -0.2) is 67.4 Å². The molecule has 0 aliphatic carbocycles. The quantitative estimate of drug-likeness (QED) is 0.610. The first-order valence-electron chi connectivity index (χ1n) is 7.07. The van der Waals surface area contributed by atoms with Crippen LogP contribution in [0.1, 0.15) is 25.7 Å². The molecule has 0 radical (unpaired) electrons. The summed E-state index contributed by atoms with van der Waals surface area (Å²) in [5.41, 5.74) is 0. The summed E-state index contributed by atoms with van der Waals surface area (Å²) in [6.45, 7) is 6.27. The third-order valence-electron chi connectivity index (χ3n) is 3.94. The van der Waals surface area contributed by atoms with Crippen molar-refractivity contribution in [1.29, 1.82) is 0 Å². The number of methoxy groups -OCH3 is 1. The Morgan fingerprint density at radius 1 is 1.28 bits per heavy atom. The summed E-state index contributed by atoms with van der Waals surface area (Å²) in [6.07, 6.45) is 5.40. The lowest BCUT2D eigenvalue weighted by molar-refractivity contribution is 0.168. The minimum atomic E-state index is 0.712. The minimum Gasteiger partial charge on any atom is -0.383 e. The van der Waals surface area contributed by atoms with Gasteiger partial charge in [0.25, 0.3) is 0 Å². The van der Waals surface area contributed by atoms with Crippen molar-refractivity contribution in [2.24, 2.45) is 0 Å². The fraction of sp³-hybridized carbons (Fsp3) is 0.923. The lowest BCUT2D eigenvalue weighted by atomic mass is 10.1. The van der Waals surface area contributed by atoms with E-state index in [1.165, 1.54) is 38.8 Å². The molecule has 2 heterocycles. The standard InChI is InChI=1S/C13H25N3OS/c1-17-10-6-14-13(18)16-9-5-12(11-16)15-7-3-2-4-8-15/h12H,2-11H2,1H3,(H,14,18). The Labute approximate surface area is 116 Å². The monoisotopic (exact) mass is 271 g/mol. The number of nitrogens with zero attached hydrogens (tertiary/aromatic N) is 2. The number of likely N-dealkylation sites (tertiary alicyclic amines) is 2. The third-order valence-corrected chi connectivity index (χ3v) is 4.34. The van der Waals surface area contributed by atoms with Crippen molar-refractivity contribution < 1.29 is 4.74 Å². The van der Waals surface area contributed by atoms with Crippen molar-refractivity contribution in [2.45, 2.75) is 31.7 Å². The molecule has 0 amide bonds. The van der Waals surface area contributed by atoms with Crippen LogP contribution in [0.25, 0.3) is 0 Å². The molecule has 0 aromatic heterocycles. The van der Waals surface area contributed by atoms with Gasteiger partial charge in [0.05, 0.1) is 6.61 Å². The molecule has 0 spiro atoms. The van der Waals surface area contributed by atoms with Gasteiger partial charge < -0.3 is 15.0 Å². The van der Waals surface area contributed by atoms with Crippen LogP contribution in [0.3, 0.4) is 0 Å². The summed E-state index contributed by atoms with van der Waals surface area (Å²) in [5, 5.41) is 4.16. The zero-order valence-corrected chi connectivity index (χ0v) is 12.2. The molecule has 1 N–H and O–H groups in total. The Balaban J connectivity index is 1.71. The lowest BCUT2D eigenvalue weighted by Crippen LogP contribution is -2.44. The van der Waals surface area contributed by atoms with Crippen LogP contribution in [-0.2, 0) is 4.74 Å². The summed E-state index contributed by atoms with van der Waals surface area (Å²) >= 11 is 5.42. The van der Waals surface area contributed by atoms with E-state index in [0.29, 0.717) is 12.6 Å². The van der Waals surface area contributed by atoms with Crippen LogP contribution < -0.4 is 5.32 Å². The second-order valence-electron chi connectivity index (χ2n) is 5.21. The average Bonchev–Trinajstić information content (AvgIpc) is 2.89. The van der Waals surface area contributed by atoms with Gasteiger partial charge >= 0.3 is 0 Å². The fourth-order valence-electron chi connectivity index (χ4n) is 2.88. The Bertz CT molecular complexity index is 269. The Morgan fingerprint density at radius 2 is 2.06 bits per heavy atom. The molecular weight excluding hydrogens is 246 g/mol. The molecular formula is C13H25N3OS. The molecule has 1 unspecified atom stereocenters.